The standard InChI is InChI=1S/C26H35NO5S/c1-16(2)10-19-15-27-9-8-18-11-25(31-4)26(32-5)14-23(18)24(27)13-22(19)21-12-20(33(28,29)30)7-6-17(21)3/h6-7,11-12,14,16,19,22,24H,8-10,13,15H2,1-5H3,(H,28,29,30)/t19-,22+,24+/m0/s1. The van der Waals surface area contributed by atoms with Crippen molar-refractivity contribution in [1.29, 1.82) is 0 Å². The maximum Gasteiger partial charge on any atom is 0.294 e. The molecule has 0 amide bonds. The van der Waals surface area contributed by atoms with Crippen LogP contribution < -0.4 is 9.47 Å². The highest BCUT2D eigenvalue weighted by atomic mass is 32.2. The first-order valence-electron chi connectivity index (χ1n) is 11.7. The van der Waals surface area contributed by atoms with E-state index in [4.69, 9.17) is 9.47 Å². The third-order valence-electron chi connectivity index (χ3n) is 7.35. The molecule has 1 saturated heterocycles. The van der Waals surface area contributed by atoms with E-state index in [-0.39, 0.29) is 16.9 Å². The van der Waals surface area contributed by atoms with Crippen molar-refractivity contribution in [3.63, 3.8) is 0 Å². The molecule has 1 N–H and O–H groups in total. The molecule has 33 heavy (non-hydrogen) atoms. The number of rotatable bonds is 6. The number of ether oxygens (including phenoxy) is 2. The van der Waals surface area contributed by atoms with Crippen LogP contribution in [0.1, 0.15) is 60.9 Å². The minimum Gasteiger partial charge on any atom is -0.493 e. The summed E-state index contributed by atoms with van der Waals surface area (Å²) in [5.41, 5.74) is 4.66. The normalized spacial score (nSPS) is 23.2. The van der Waals surface area contributed by atoms with E-state index in [0.717, 1.165) is 55.0 Å². The first kappa shape index (κ1) is 24.0. The van der Waals surface area contributed by atoms with Crippen LogP contribution in [-0.2, 0) is 16.5 Å². The highest BCUT2D eigenvalue weighted by molar-refractivity contribution is 7.85. The predicted octanol–water partition coefficient (Wildman–Crippen LogP) is 5.01. The minimum atomic E-state index is -4.25. The van der Waals surface area contributed by atoms with Gasteiger partial charge in [-0.1, -0.05) is 19.9 Å². The van der Waals surface area contributed by atoms with Gasteiger partial charge in [0.25, 0.3) is 10.1 Å². The van der Waals surface area contributed by atoms with E-state index in [2.05, 4.69) is 30.9 Å². The molecule has 2 aromatic rings. The highest BCUT2D eigenvalue weighted by Crippen LogP contribution is 2.49. The molecule has 2 heterocycles. The second kappa shape index (κ2) is 9.28. The molecule has 2 aliphatic heterocycles. The lowest BCUT2D eigenvalue weighted by molar-refractivity contribution is 0.0717. The number of aryl methyl sites for hydroxylation is 1. The lowest BCUT2D eigenvalue weighted by Gasteiger charge is -2.48. The fourth-order valence-corrected chi connectivity index (χ4v) is 6.36. The molecule has 2 aliphatic rings. The van der Waals surface area contributed by atoms with Crippen molar-refractivity contribution in [2.75, 3.05) is 27.3 Å². The first-order valence-corrected chi connectivity index (χ1v) is 13.1. The van der Waals surface area contributed by atoms with Crippen LogP contribution in [-0.4, -0.2) is 45.2 Å². The Kier molecular flexibility index (Phi) is 6.76. The van der Waals surface area contributed by atoms with Gasteiger partial charge in [0.2, 0.25) is 0 Å². The van der Waals surface area contributed by atoms with Gasteiger partial charge < -0.3 is 9.47 Å². The molecule has 0 saturated carbocycles. The largest absolute Gasteiger partial charge is 0.493 e. The smallest absolute Gasteiger partial charge is 0.294 e. The molecule has 2 aromatic carbocycles. The molecule has 0 bridgehead atoms. The topological polar surface area (TPSA) is 76.1 Å². The molecule has 0 radical (unpaired) electrons. The summed E-state index contributed by atoms with van der Waals surface area (Å²) < 4.78 is 44.6. The zero-order chi connectivity index (χ0) is 23.9. The molecule has 0 aromatic heterocycles. The van der Waals surface area contributed by atoms with Gasteiger partial charge in [-0.25, -0.2) is 0 Å². The number of piperidine rings is 1. The summed E-state index contributed by atoms with van der Waals surface area (Å²) in [5, 5.41) is 0. The molecule has 6 nitrogen and oxygen atoms in total. The maximum absolute atomic E-state index is 11.9. The number of hydrogen-bond donors (Lipinski definition) is 1. The molecular formula is C26H35NO5S. The molecule has 3 atom stereocenters. The Balaban J connectivity index is 1.78. The summed E-state index contributed by atoms with van der Waals surface area (Å²) >= 11 is 0. The van der Waals surface area contributed by atoms with Crippen molar-refractivity contribution < 1.29 is 22.4 Å². The van der Waals surface area contributed by atoms with Gasteiger partial charge in [-0.05, 0) is 90.5 Å². The summed E-state index contributed by atoms with van der Waals surface area (Å²) in [5.74, 6) is 2.66. The van der Waals surface area contributed by atoms with Crippen LogP contribution in [0.4, 0.5) is 0 Å². The summed E-state index contributed by atoms with van der Waals surface area (Å²) in [6.45, 7) is 8.49. The van der Waals surface area contributed by atoms with E-state index in [0.29, 0.717) is 11.8 Å². The van der Waals surface area contributed by atoms with Crippen molar-refractivity contribution in [2.45, 2.75) is 56.9 Å². The van der Waals surface area contributed by atoms with Gasteiger partial charge in [-0.3, -0.25) is 9.45 Å². The Morgan fingerprint density at radius 2 is 1.79 bits per heavy atom. The lowest BCUT2D eigenvalue weighted by atomic mass is 9.70. The molecule has 180 valence electrons. The molecule has 7 heteroatoms. The average Bonchev–Trinajstić information content (AvgIpc) is 2.76. The molecular weight excluding hydrogens is 438 g/mol. The Morgan fingerprint density at radius 1 is 1.09 bits per heavy atom. The van der Waals surface area contributed by atoms with Gasteiger partial charge >= 0.3 is 0 Å². The van der Waals surface area contributed by atoms with Crippen LogP contribution in [0.15, 0.2) is 35.2 Å². The third-order valence-corrected chi connectivity index (χ3v) is 8.20. The Labute approximate surface area is 197 Å². The zero-order valence-electron chi connectivity index (χ0n) is 20.2. The fourth-order valence-electron chi connectivity index (χ4n) is 5.84. The number of benzene rings is 2. The monoisotopic (exact) mass is 473 g/mol. The van der Waals surface area contributed by atoms with E-state index in [1.807, 2.05) is 13.0 Å². The predicted molar refractivity (Wildman–Crippen MR) is 129 cm³/mol. The molecule has 4 rings (SSSR count). The molecule has 0 aliphatic carbocycles. The zero-order valence-corrected chi connectivity index (χ0v) is 21.0. The van der Waals surface area contributed by atoms with Crippen LogP contribution in [0.3, 0.4) is 0 Å². The molecule has 0 spiro atoms. The van der Waals surface area contributed by atoms with Crippen LogP contribution in [0.25, 0.3) is 0 Å². The summed E-state index contributed by atoms with van der Waals surface area (Å²) in [4.78, 5) is 2.56. The van der Waals surface area contributed by atoms with Crippen LogP contribution >= 0.6 is 0 Å². The van der Waals surface area contributed by atoms with Gasteiger partial charge in [0.05, 0.1) is 19.1 Å². The van der Waals surface area contributed by atoms with E-state index in [9.17, 15) is 13.0 Å². The maximum atomic E-state index is 11.9. The summed E-state index contributed by atoms with van der Waals surface area (Å²) in [6, 6.07) is 9.46. The van der Waals surface area contributed by atoms with Crippen molar-refractivity contribution in [2.24, 2.45) is 11.8 Å². The van der Waals surface area contributed by atoms with Gasteiger partial charge in [0.1, 0.15) is 0 Å². The Bertz CT molecular complexity index is 1130. The van der Waals surface area contributed by atoms with Gasteiger partial charge in [0, 0.05) is 19.1 Å². The Morgan fingerprint density at radius 3 is 2.42 bits per heavy atom. The van der Waals surface area contributed by atoms with E-state index < -0.39 is 10.1 Å². The Hall–Kier alpha value is -2.09. The lowest BCUT2D eigenvalue weighted by Crippen LogP contribution is -2.45. The summed E-state index contributed by atoms with van der Waals surface area (Å²) in [7, 11) is -0.923. The van der Waals surface area contributed by atoms with Crippen LogP contribution in [0.2, 0.25) is 0 Å². The second-order valence-electron chi connectivity index (χ2n) is 9.89. The highest BCUT2D eigenvalue weighted by Gasteiger charge is 2.40. The van der Waals surface area contributed by atoms with Crippen molar-refractivity contribution >= 4 is 10.1 Å². The molecule has 1 fully saturated rings. The number of fused-ring (bicyclic) bond motifs is 3. The van der Waals surface area contributed by atoms with Crippen molar-refractivity contribution in [3.05, 3.63) is 52.6 Å². The van der Waals surface area contributed by atoms with E-state index in [1.54, 1.807) is 20.3 Å². The van der Waals surface area contributed by atoms with Gasteiger partial charge in [0.15, 0.2) is 11.5 Å². The van der Waals surface area contributed by atoms with E-state index in [1.165, 1.54) is 17.2 Å². The molecule has 0 unspecified atom stereocenters. The van der Waals surface area contributed by atoms with Crippen LogP contribution in [0, 0.1) is 18.8 Å². The second-order valence-corrected chi connectivity index (χ2v) is 11.3. The van der Waals surface area contributed by atoms with Gasteiger partial charge in [-0.2, -0.15) is 8.42 Å². The summed E-state index contributed by atoms with van der Waals surface area (Å²) in [6.07, 6.45) is 2.94. The average molecular weight is 474 g/mol. The van der Waals surface area contributed by atoms with Crippen LogP contribution in [0.5, 0.6) is 11.5 Å². The number of hydrogen-bond acceptors (Lipinski definition) is 5. The van der Waals surface area contributed by atoms with Crippen molar-refractivity contribution in [3.8, 4) is 11.5 Å². The minimum absolute atomic E-state index is 0.0238. The first-order chi connectivity index (χ1) is 15.6. The quantitative estimate of drug-likeness (QED) is 0.595. The fraction of sp³-hybridized carbons (Fsp3) is 0.538. The number of methoxy groups -OCH3 is 2. The number of nitrogens with zero attached hydrogens (tertiary/aromatic N) is 1. The third kappa shape index (κ3) is 4.77. The van der Waals surface area contributed by atoms with E-state index >= 15 is 0 Å². The SMILES string of the molecule is COc1cc2c(cc1OC)[C@H]1C[C@@H](c3cc(S(=O)(=O)O)ccc3C)[C@@H](CC(C)C)CN1CC2. The van der Waals surface area contributed by atoms with Gasteiger partial charge in [-0.15, -0.1) is 0 Å². The van der Waals surface area contributed by atoms with Crippen molar-refractivity contribution in [1.82, 2.24) is 4.90 Å².